The zero-order valence-electron chi connectivity index (χ0n) is 11.5. The summed E-state index contributed by atoms with van der Waals surface area (Å²) in [7, 11) is 0. The minimum atomic E-state index is 0.342. The number of nitriles is 1. The summed E-state index contributed by atoms with van der Waals surface area (Å²) in [6.45, 7) is 0.803. The van der Waals surface area contributed by atoms with E-state index in [1.54, 1.807) is 6.07 Å². The van der Waals surface area contributed by atoms with E-state index in [1.807, 2.05) is 30.3 Å². The third-order valence-corrected chi connectivity index (χ3v) is 3.80. The highest BCUT2D eigenvalue weighted by atomic mass is 35.5. The molecule has 21 heavy (non-hydrogen) atoms. The molecule has 1 heterocycles. The van der Waals surface area contributed by atoms with E-state index in [2.05, 4.69) is 27.8 Å². The Kier molecular flexibility index (Phi) is 3.89. The Hall–Kier alpha value is -2.31. The standard InChI is InChI=1S/C17H14ClN3/c18-11-16-20-17-14(12-19)7-4-8-15(17)21(16)10-9-13-5-2-1-3-6-13/h1-8H,9-11H2. The van der Waals surface area contributed by atoms with Gasteiger partial charge in [0.25, 0.3) is 0 Å². The van der Waals surface area contributed by atoms with Crippen molar-refractivity contribution in [1.82, 2.24) is 9.55 Å². The van der Waals surface area contributed by atoms with Crippen LogP contribution in [0, 0.1) is 11.3 Å². The fraction of sp³-hybridized carbons (Fsp3) is 0.176. The van der Waals surface area contributed by atoms with Crippen LogP contribution in [-0.2, 0) is 18.8 Å². The second-order valence-electron chi connectivity index (χ2n) is 4.83. The smallest absolute Gasteiger partial charge is 0.124 e. The maximum atomic E-state index is 9.18. The summed E-state index contributed by atoms with van der Waals surface area (Å²) in [5.74, 6) is 1.15. The van der Waals surface area contributed by atoms with Crippen molar-refractivity contribution < 1.29 is 0 Å². The van der Waals surface area contributed by atoms with E-state index in [4.69, 9.17) is 11.6 Å². The first-order valence-corrected chi connectivity index (χ1v) is 7.35. The highest BCUT2D eigenvalue weighted by Crippen LogP contribution is 2.21. The molecule has 0 radical (unpaired) electrons. The number of aromatic nitrogens is 2. The van der Waals surface area contributed by atoms with E-state index in [9.17, 15) is 5.26 Å². The zero-order valence-corrected chi connectivity index (χ0v) is 12.2. The summed E-state index contributed by atoms with van der Waals surface area (Å²) in [4.78, 5) is 4.52. The third-order valence-electron chi connectivity index (χ3n) is 3.56. The molecule has 104 valence electrons. The van der Waals surface area contributed by atoms with Crippen LogP contribution in [0.3, 0.4) is 0 Å². The maximum absolute atomic E-state index is 9.18. The van der Waals surface area contributed by atoms with E-state index in [-0.39, 0.29) is 0 Å². The summed E-state index contributed by atoms with van der Waals surface area (Å²) in [6.07, 6.45) is 0.910. The summed E-state index contributed by atoms with van der Waals surface area (Å²) in [5, 5.41) is 9.18. The maximum Gasteiger partial charge on any atom is 0.124 e. The molecule has 4 heteroatoms. The van der Waals surface area contributed by atoms with Gasteiger partial charge in [-0.25, -0.2) is 4.98 Å². The van der Waals surface area contributed by atoms with Gasteiger partial charge < -0.3 is 4.57 Å². The molecule has 0 aliphatic carbocycles. The summed E-state index contributed by atoms with van der Waals surface area (Å²) >= 11 is 6.01. The van der Waals surface area contributed by atoms with Crippen molar-refractivity contribution in [3.05, 3.63) is 65.5 Å². The highest BCUT2D eigenvalue weighted by molar-refractivity contribution is 6.16. The molecule has 0 saturated heterocycles. The monoisotopic (exact) mass is 295 g/mol. The Bertz CT molecular complexity index is 800. The molecule has 0 aliphatic rings. The average molecular weight is 296 g/mol. The Balaban J connectivity index is 1.99. The third kappa shape index (κ3) is 2.63. The molecule has 0 N–H and O–H groups in total. The lowest BCUT2D eigenvalue weighted by Gasteiger charge is -2.07. The largest absolute Gasteiger partial charge is 0.327 e. The molecule has 3 rings (SSSR count). The molecule has 2 aromatic carbocycles. The first-order chi connectivity index (χ1) is 10.3. The molecule has 0 saturated carbocycles. The van der Waals surface area contributed by atoms with Gasteiger partial charge in [0.05, 0.1) is 17.0 Å². The molecular weight excluding hydrogens is 282 g/mol. The number of halogens is 1. The van der Waals surface area contributed by atoms with Crippen LogP contribution in [-0.4, -0.2) is 9.55 Å². The van der Waals surface area contributed by atoms with Gasteiger partial charge in [0.2, 0.25) is 0 Å². The number of aryl methyl sites for hydroxylation is 2. The first kappa shape index (κ1) is 13.7. The second-order valence-corrected chi connectivity index (χ2v) is 5.10. The molecular formula is C17H14ClN3. The van der Waals surface area contributed by atoms with E-state index >= 15 is 0 Å². The van der Waals surface area contributed by atoms with Crippen molar-refractivity contribution in [2.45, 2.75) is 18.8 Å². The van der Waals surface area contributed by atoms with Gasteiger partial charge in [-0.15, -0.1) is 11.6 Å². The molecule has 1 aromatic heterocycles. The number of hydrogen-bond acceptors (Lipinski definition) is 2. The van der Waals surface area contributed by atoms with Crippen LogP contribution in [0.25, 0.3) is 11.0 Å². The number of nitrogens with zero attached hydrogens (tertiary/aromatic N) is 3. The Morgan fingerprint density at radius 2 is 1.90 bits per heavy atom. The van der Waals surface area contributed by atoms with E-state index in [0.717, 1.165) is 29.8 Å². The quantitative estimate of drug-likeness (QED) is 0.685. The van der Waals surface area contributed by atoms with Crippen molar-refractivity contribution in [3.63, 3.8) is 0 Å². The van der Waals surface area contributed by atoms with Crippen molar-refractivity contribution in [2.24, 2.45) is 0 Å². The van der Waals surface area contributed by atoms with Crippen molar-refractivity contribution in [2.75, 3.05) is 0 Å². The predicted octanol–water partition coefficient (Wildman–Crippen LogP) is 3.89. The van der Waals surface area contributed by atoms with Crippen LogP contribution in [0.1, 0.15) is 17.0 Å². The summed E-state index contributed by atoms with van der Waals surface area (Å²) < 4.78 is 2.11. The fourth-order valence-electron chi connectivity index (χ4n) is 2.52. The highest BCUT2D eigenvalue weighted by Gasteiger charge is 2.12. The molecule has 0 fully saturated rings. The van der Waals surface area contributed by atoms with E-state index < -0.39 is 0 Å². The molecule has 0 spiro atoms. The minimum absolute atomic E-state index is 0.342. The second kappa shape index (κ2) is 5.99. The molecule has 0 unspecified atom stereocenters. The zero-order chi connectivity index (χ0) is 14.7. The fourth-order valence-corrected chi connectivity index (χ4v) is 2.73. The van der Waals surface area contributed by atoms with Crippen LogP contribution in [0.4, 0.5) is 0 Å². The van der Waals surface area contributed by atoms with E-state index in [1.165, 1.54) is 5.56 Å². The lowest BCUT2D eigenvalue weighted by Crippen LogP contribution is -2.05. The van der Waals surface area contributed by atoms with Gasteiger partial charge in [0, 0.05) is 6.54 Å². The lowest BCUT2D eigenvalue weighted by molar-refractivity contribution is 0.688. The lowest BCUT2D eigenvalue weighted by atomic mass is 10.1. The Labute approximate surface area is 128 Å². The first-order valence-electron chi connectivity index (χ1n) is 6.81. The number of imidazole rings is 1. The topological polar surface area (TPSA) is 41.6 Å². The van der Waals surface area contributed by atoms with Crippen molar-refractivity contribution in [3.8, 4) is 6.07 Å². The number of alkyl halides is 1. The average Bonchev–Trinajstić information content (AvgIpc) is 2.91. The van der Waals surface area contributed by atoms with Crippen molar-refractivity contribution in [1.29, 1.82) is 5.26 Å². The molecule has 0 atom stereocenters. The normalized spacial score (nSPS) is 10.7. The van der Waals surface area contributed by atoms with Crippen LogP contribution in [0.15, 0.2) is 48.5 Å². The molecule has 3 nitrogen and oxygen atoms in total. The molecule has 3 aromatic rings. The molecule has 0 bridgehead atoms. The van der Waals surface area contributed by atoms with Gasteiger partial charge in [-0.3, -0.25) is 0 Å². The predicted molar refractivity (Wildman–Crippen MR) is 84.2 cm³/mol. The Morgan fingerprint density at radius 1 is 1.10 bits per heavy atom. The van der Waals surface area contributed by atoms with Gasteiger partial charge in [-0.2, -0.15) is 5.26 Å². The van der Waals surface area contributed by atoms with E-state index in [0.29, 0.717) is 11.4 Å². The number of para-hydroxylation sites is 1. The SMILES string of the molecule is N#Cc1cccc2c1nc(CCl)n2CCc1ccccc1. The van der Waals surface area contributed by atoms with Crippen LogP contribution < -0.4 is 0 Å². The van der Waals surface area contributed by atoms with Crippen LogP contribution >= 0.6 is 11.6 Å². The van der Waals surface area contributed by atoms with Gasteiger partial charge in [-0.05, 0) is 24.1 Å². The van der Waals surface area contributed by atoms with Gasteiger partial charge in [-0.1, -0.05) is 36.4 Å². The molecule has 0 aliphatic heterocycles. The van der Waals surface area contributed by atoms with Crippen molar-refractivity contribution >= 4 is 22.6 Å². The van der Waals surface area contributed by atoms with Crippen LogP contribution in [0.5, 0.6) is 0 Å². The summed E-state index contributed by atoms with van der Waals surface area (Å²) in [6, 6.07) is 18.2. The number of hydrogen-bond donors (Lipinski definition) is 0. The Morgan fingerprint density at radius 3 is 2.62 bits per heavy atom. The number of fused-ring (bicyclic) bond motifs is 1. The van der Waals surface area contributed by atoms with Gasteiger partial charge in [0.1, 0.15) is 17.4 Å². The van der Waals surface area contributed by atoms with Gasteiger partial charge >= 0.3 is 0 Å². The van der Waals surface area contributed by atoms with Crippen LogP contribution in [0.2, 0.25) is 0 Å². The number of benzene rings is 2. The minimum Gasteiger partial charge on any atom is -0.327 e. The number of rotatable bonds is 4. The molecule has 0 amide bonds. The van der Waals surface area contributed by atoms with Gasteiger partial charge in [0.15, 0.2) is 0 Å². The summed E-state index contributed by atoms with van der Waals surface area (Å²) in [5.41, 5.74) is 3.58.